The highest BCUT2D eigenvalue weighted by atomic mass is 16.5. The van der Waals surface area contributed by atoms with Crippen LogP contribution in [0.1, 0.15) is 46.0 Å². The number of amides is 1. The molecule has 0 aromatic rings. The third-order valence-electron chi connectivity index (χ3n) is 3.82. The predicted molar refractivity (Wildman–Crippen MR) is 78.2 cm³/mol. The van der Waals surface area contributed by atoms with E-state index >= 15 is 0 Å². The zero-order valence-corrected chi connectivity index (χ0v) is 12.6. The second-order valence-corrected chi connectivity index (χ2v) is 5.35. The first-order chi connectivity index (χ1) is 9.27. The van der Waals surface area contributed by atoms with Crippen molar-refractivity contribution in [3.8, 4) is 0 Å². The average Bonchev–Trinajstić information content (AvgIpc) is 2.45. The Hall–Kier alpha value is -0.610. The van der Waals surface area contributed by atoms with Crippen LogP contribution in [-0.2, 0) is 9.53 Å². The molecule has 4 heteroatoms. The molecule has 1 amide bonds. The predicted octanol–water partition coefficient (Wildman–Crippen LogP) is 2.04. The first-order valence-electron chi connectivity index (χ1n) is 7.85. The number of hydrogen-bond donors (Lipinski definition) is 1. The summed E-state index contributed by atoms with van der Waals surface area (Å²) < 4.78 is 5.32. The van der Waals surface area contributed by atoms with Gasteiger partial charge >= 0.3 is 0 Å². The van der Waals surface area contributed by atoms with Gasteiger partial charge < -0.3 is 10.1 Å². The van der Waals surface area contributed by atoms with Crippen LogP contribution in [0.25, 0.3) is 0 Å². The summed E-state index contributed by atoms with van der Waals surface area (Å²) in [5.74, 6) is 0.460. The molecule has 0 aliphatic carbocycles. The fourth-order valence-corrected chi connectivity index (χ4v) is 2.45. The first-order valence-corrected chi connectivity index (χ1v) is 7.85. The molecule has 0 aromatic carbocycles. The van der Waals surface area contributed by atoms with Crippen molar-refractivity contribution in [2.45, 2.75) is 46.0 Å². The molecule has 1 unspecified atom stereocenters. The van der Waals surface area contributed by atoms with Crippen molar-refractivity contribution in [3.05, 3.63) is 0 Å². The lowest BCUT2D eigenvalue weighted by atomic mass is 9.98. The molecule has 19 heavy (non-hydrogen) atoms. The molecule has 1 atom stereocenters. The summed E-state index contributed by atoms with van der Waals surface area (Å²) in [5, 5.41) is 3.09. The maximum Gasteiger partial charge on any atom is 0.223 e. The van der Waals surface area contributed by atoms with E-state index in [9.17, 15) is 4.79 Å². The summed E-state index contributed by atoms with van der Waals surface area (Å²) in [7, 11) is 0. The molecule has 1 heterocycles. The second-order valence-electron chi connectivity index (χ2n) is 5.35. The van der Waals surface area contributed by atoms with Crippen LogP contribution in [-0.4, -0.2) is 50.2 Å². The fourth-order valence-electron chi connectivity index (χ4n) is 2.45. The molecule has 4 nitrogen and oxygen atoms in total. The highest BCUT2D eigenvalue weighted by Gasteiger charge is 2.15. The van der Waals surface area contributed by atoms with Gasteiger partial charge in [0.1, 0.15) is 0 Å². The Balaban J connectivity index is 2.07. The molecule has 0 aromatic heterocycles. The Kier molecular flexibility index (Phi) is 8.84. The monoisotopic (exact) mass is 270 g/mol. The molecule has 0 saturated carbocycles. The molecule has 0 spiro atoms. The van der Waals surface area contributed by atoms with Gasteiger partial charge in [0.2, 0.25) is 5.91 Å². The lowest BCUT2D eigenvalue weighted by molar-refractivity contribution is -0.125. The molecule has 0 radical (unpaired) electrons. The van der Waals surface area contributed by atoms with Gasteiger partial charge in [0.15, 0.2) is 0 Å². The van der Waals surface area contributed by atoms with Crippen molar-refractivity contribution in [2.24, 2.45) is 5.92 Å². The number of carbonyl (C=O) groups is 1. The number of nitrogens with one attached hydrogen (secondary N) is 1. The van der Waals surface area contributed by atoms with Crippen molar-refractivity contribution in [1.82, 2.24) is 10.2 Å². The number of ether oxygens (including phenoxy) is 1. The molecule has 1 rings (SSSR count). The maximum atomic E-state index is 12.0. The van der Waals surface area contributed by atoms with Crippen LogP contribution in [0.4, 0.5) is 0 Å². The number of morpholine rings is 1. The fraction of sp³-hybridized carbons (Fsp3) is 0.933. The van der Waals surface area contributed by atoms with Gasteiger partial charge in [-0.2, -0.15) is 0 Å². The molecule has 1 N–H and O–H groups in total. The summed E-state index contributed by atoms with van der Waals surface area (Å²) >= 11 is 0. The zero-order chi connectivity index (χ0) is 13.9. The smallest absolute Gasteiger partial charge is 0.223 e. The van der Waals surface area contributed by atoms with Crippen molar-refractivity contribution < 1.29 is 9.53 Å². The molecule has 0 bridgehead atoms. The molecule has 1 aliphatic heterocycles. The van der Waals surface area contributed by atoms with E-state index < -0.39 is 0 Å². The average molecular weight is 270 g/mol. The van der Waals surface area contributed by atoms with Gasteiger partial charge in [0.05, 0.1) is 13.2 Å². The van der Waals surface area contributed by atoms with Gasteiger partial charge in [-0.15, -0.1) is 0 Å². The van der Waals surface area contributed by atoms with Gasteiger partial charge in [-0.1, -0.05) is 26.7 Å². The van der Waals surface area contributed by atoms with E-state index in [1.807, 2.05) is 0 Å². The largest absolute Gasteiger partial charge is 0.379 e. The molecule has 1 saturated heterocycles. The van der Waals surface area contributed by atoms with E-state index in [1.54, 1.807) is 0 Å². The lowest BCUT2D eigenvalue weighted by Gasteiger charge is -2.26. The minimum Gasteiger partial charge on any atom is -0.379 e. The number of carbonyl (C=O) groups excluding carboxylic acids is 1. The number of rotatable bonds is 9. The summed E-state index contributed by atoms with van der Waals surface area (Å²) in [6, 6.07) is 0. The van der Waals surface area contributed by atoms with E-state index in [-0.39, 0.29) is 11.8 Å². The Labute approximate surface area is 117 Å². The molecule has 1 fully saturated rings. The SMILES string of the molecule is CCCCC(CC)C(=O)NCCCN1CCOCC1. The van der Waals surface area contributed by atoms with Gasteiger partial charge in [0.25, 0.3) is 0 Å². The summed E-state index contributed by atoms with van der Waals surface area (Å²) in [5.41, 5.74) is 0. The maximum absolute atomic E-state index is 12.0. The Morgan fingerprint density at radius 1 is 1.26 bits per heavy atom. The number of hydrogen-bond acceptors (Lipinski definition) is 3. The van der Waals surface area contributed by atoms with Gasteiger partial charge in [-0.3, -0.25) is 9.69 Å². The van der Waals surface area contributed by atoms with Crippen LogP contribution < -0.4 is 5.32 Å². The van der Waals surface area contributed by atoms with Crippen LogP contribution in [0.5, 0.6) is 0 Å². The number of nitrogens with zero attached hydrogens (tertiary/aromatic N) is 1. The Morgan fingerprint density at radius 2 is 2.00 bits per heavy atom. The number of unbranched alkanes of at least 4 members (excludes halogenated alkanes) is 1. The van der Waals surface area contributed by atoms with E-state index in [2.05, 4.69) is 24.1 Å². The van der Waals surface area contributed by atoms with Crippen LogP contribution in [0.2, 0.25) is 0 Å². The Bertz CT molecular complexity index is 240. The molecule has 112 valence electrons. The van der Waals surface area contributed by atoms with Crippen molar-refractivity contribution in [3.63, 3.8) is 0 Å². The van der Waals surface area contributed by atoms with Crippen LogP contribution >= 0.6 is 0 Å². The standard InChI is InChI=1S/C15H30N2O2/c1-3-5-7-14(4-2)15(18)16-8-6-9-17-10-12-19-13-11-17/h14H,3-13H2,1-2H3,(H,16,18). The minimum atomic E-state index is 0.211. The quantitative estimate of drug-likeness (QED) is 0.652. The van der Waals surface area contributed by atoms with E-state index in [0.717, 1.165) is 65.1 Å². The first kappa shape index (κ1) is 16.4. The normalized spacial score (nSPS) is 18.2. The van der Waals surface area contributed by atoms with Gasteiger partial charge in [-0.05, 0) is 25.8 Å². The highest BCUT2D eigenvalue weighted by Crippen LogP contribution is 2.12. The zero-order valence-electron chi connectivity index (χ0n) is 12.6. The topological polar surface area (TPSA) is 41.6 Å². The summed E-state index contributed by atoms with van der Waals surface area (Å²) in [4.78, 5) is 14.4. The molecular formula is C15H30N2O2. The second kappa shape index (κ2) is 10.2. The van der Waals surface area contributed by atoms with Crippen molar-refractivity contribution >= 4 is 5.91 Å². The summed E-state index contributed by atoms with van der Waals surface area (Å²) in [6.45, 7) is 9.90. The van der Waals surface area contributed by atoms with Crippen LogP contribution in [0, 0.1) is 5.92 Å². The molecule has 1 aliphatic rings. The van der Waals surface area contributed by atoms with E-state index in [1.165, 1.54) is 6.42 Å². The lowest BCUT2D eigenvalue weighted by Crippen LogP contribution is -2.38. The van der Waals surface area contributed by atoms with E-state index in [4.69, 9.17) is 4.74 Å². The van der Waals surface area contributed by atoms with Gasteiger partial charge in [0, 0.05) is 25.6 Å². The third kappa shape index (κ3) is 6.92. The molecular weight excluding hydrogens is 240 g/mol. The minimum absolute atomic E-state index is 0.211. The third-order valence-corrected chi connectivity index (χ3v) is 3.82. The van der Waals surface area contributed by atoms with Crippen molar-refractivity contribution in [2.75, 3.05) is 39.4 Å². The van der Waals surface area contributed by atoms with Crippen LogP contribution in [0.15, 0.2) is 0 Å². The highest BCUT2D eigenvalue weighted by molar-refractivity contribution is 5.78. The van der Waals surface area contributed by atoms with Crippen LogP contribution in [0.3, 0.4) is 0 Å². The van der Waals surface area contributed by atoms with Gasteiger partial charge in [-0.25, -0.2) is 0 Å². The van der Waals surface area contributed by atoms with Crippen molar-refractivity contribution in [1.29, 1.82) is 0 Å². The van der Waals surface area contributed by atoms with E-state index in [0.29, 0.717) is 0 Å². The Morgan fingerprint density at radius 3 is 2.63 bits per heavy atom. The summed E-state index contributed by atoms with van der Waals surface area (Å²) in [6.07, 6.45) is 5.34.